The maximum Gasteiger partial charge on any atom is 0.124 e. The zero-order valence-electron chi connectivity index (χ0n) is 9.29. The molecule has 0 aromatic heterocycles. The SMILES string of the molecule is C=Cc1ccc2c(c1)C(N)CC(C)(C)O2. The van der Waals surface area contributed by atoms with E-state index in [0.717, 1.165) is 23.3 Å². The van der Waals surface area contributed by atoms with E-state index in [4.69, 9.17) is 10.5 Å². The lowest BCUT2D eigenvalue weighted by atomic mass is 9.89. The van der Waals surface area contributed by atoms with Crippen molar-refractivity contribution >= 4 is 6.08 Å². The molecule has 0 saturated carbocycles. The summed E-state index contributed by atoms with van der Waals surface area (Å²) >= 11 is 0. The number of hydrogen-bond donors (Lipinski definition) is 1. The van der Waals surface area contributed by atoms with Gasteiger partial charge in [-0.1, -0.05) is 18.7 Å². The zero-order valence-corrected chi connectivity index (χ0v) is 9.29. The van der Waals surface area contributed by atoms with Gasteiger partial charge >= 0.3 is 0 Å². The molecule has 0 bridgehead atoms. The van der Waals surface area contributed by atoms with Crippen LogP contribution in [0.1, 0.15) is 37.4 Å². The number of hydrogen-bond acceptors (Lipinski definition) is 2. The van der Waals surface area contributed by atoms with Crippen LogP contribution in [0.2, 0.25) is 0 Å². The highest BCUT2D eigenvalue weighted by atomic mass is 16.5. The number of fused-ring (bicyclic) bond motifs is 1. The van der Waals surface area contributed by atoms with Crippen molar-refractivity contribution in [1.82, 2.24) is 0 Å². The van der Waals surface area contributed by atoms with E-state index in [1.165, 1.54) is 0 Å². The lowest BCUT2D eigenvalue weighted by Crippen LogP contribution is -2.37. The van der Waals surface area contributed by atoms with Crippen LogP contribution in [0.5, 0.6) is 5.75 Å². The Balaban J connectivity index is 2.45. The van der Waals surface area contributed by atoms with Crippen LogP contribution in [0.25, 0.3) is 6.08 Å². The molecule has 2 rings (SSSR count). The van der Waals surface area contributed by atoms with Crippen molar-refractivity contribution in [1.29, 1.82) is 0 Å². The quantitative estimate of drug-likeness (QED) is 0.761. The molecule has 2 N–H and O–H groups in total. The summed E-state index contributed by atoms with van der Waals surface area (Å²) in [5.41, 5.74) is 8.15. The summed E-state index contributed by atoms with van der Waals surface area (Å²) in [6.07, 6.45) is 2.67. The van der Waals surface area contributed by atoms with E-state index in [9.17, 15) is 0 Å². The van der Waals surface area contributed by atoms with Crippen LogP contribution in [0.4, 0.5) is 0 Å². The third-order valence-corrected chi connectivity index (χ3v) is 2.77. The normalized spacial score (nSPS) is 22.7. The van der Waals surface area contributed by atoms with Crippen LogP contribution < -0.4 is 10.5 Å². The number of nitrogens with two attached hydrogens (primary N) is 1. The molecule has 0 spiro atoms. The molecule has 0 saturated heterocycles. The van der Waals surface area contributed by atoms with E-state index in [0.29, 0.717) is 0 Å². The van der Waals surface area contributed by atoms with Crippen molar-refractivity contribution in [2.75, 3.05) is 0 Å². The van der Waals surface area contributed by atoms with E-state index < -0.39 is 0 Å². The van der Waals surface area contributed by atoms with Crippen LogP contribution in [0.3, 0.4) is 0 Å². The molecular formula is C13H17NO. The monoisotopic (exact) mass is 203 g/mol. The molecule has 0 radical (unpaired) electrons. The average molecular weight is 203 g/mol. The van der Waals surface area contributed by atoms with Gasteiger partial charge in [0.05, 0.1) is 0 Å². The first-order valence-electron chi connectivity index (χ1n) is 5.23. The molecule has 2 heteroatoms. The van der Waals surface area contributed by atoms with Crippen molar-refractivity contribution in [3.8, 4) is 5.75 Å². The van der Waals surface area contributed by atoms with Crippen molar-refractivity contribution in [3.05, 3.63) is 35.9 Å². The Labute approximate surface area is 90.7 Å². The minimum atomic E-state index is -0.165. The molecule has 0 fully saturated rings. The predicted octanol–water partition coefficient (Wildman–Crippen LogP) is 2.89. The predicted molar refractivity (Wildman–Crippen MR) is 62.8 cm³/mol. The Hall–Kier alpha value is -1.28. The molecule has 15 heavy (non-hydrogen) atoms. The number of benzene rings is 1. The fraction of sp³-hybridized carbons (Fsp3) is 0.385. The molecule has 0 aliphatic carbocycles. The van der Waals surface area contributed by atoms with Crippen LogP contribution in [-0.4, -0.2) is 5.60 Å². The van der Waals surface area contributed by atoms with Gasteiger partial charge in [0.15, 0.2) is 0 Å². The fourth-order valence-electron chi connectivity index (χ4n) is 2.06. The fourth-order valence-corrected chi connectivity index (χ4v) is 2.06. The summed E-state index contributed by atoms with van der Waals surface area (Å²) in [6.45, 7) is 7.89. The summed E-state index contributed by atoms with van der Waals surface area (Å²) in [7, 11) is 0. The molecule has 80 valence electrons. The summed E-state index contributed by atoms with van der Waals surface area (Å²) in [5.74, 6) is 0.907. The van der Waals surface area contributed by atoms with Gasteiger partial charge in [0.2, 0.25) is 0 Å². The molecule has 0 amide bonds. The van der Waals surface area contributed by atoms with E-state index in [1.54, 1.807) is 0 Å². The van der Waals surface area contributed by atoms with Crippen LogP contribution >= 0.6 is 0 Å². The molecule has 2 nitrogen and oxygen atoms in total. The summed E-state index contributed by atoms with van der Waals surface area (Å²) in [6, 6.07) is 6.10. The Morgan fingerprint density at radius 1 is 1.53 bits per heavy atom. The first-order valence-corrected chi connectivity index (χ1v) is 5.23. The minimum Gasteiger partial charge on any atom is -0.487 e. The summed E-state index contributed by atoms with van der Waals surface area (Å²) in [5, 5.41) is 0. The highest BCUT2D eigenvalue weighted by molar-refractivity contribution is 5.53. The van der Waals surface area contributed by atoms with Gasteiger partial charge in [-0.25, -0.2) is 0 Å². The van der Waals surface area contributed by atoms with Gasteiger partial charge in [-0.15, -0.1) is 0 Å². The highest BCUT2D eigenvalue weighted by Gasteiger charge is 2.31. The summed E-state index contributed by atoms with van der Waals surface area (Å²) < 4.78 is 5.87. The molecule has 1 aliphatic rings. The minimum absolute atomic E-state index is 0.0589. The summed E-state index contributed by atoms with van der Waals surface area (Å²) in [4.78, 5) is 0. The van der Waals surface area contributed by atoms with Crippen molar-refractivity contribution in [3.63, 3.8) is 0 Å². The molecule has 1 aromatic rings. The third-order valence-electron chi connectivity index (χ3n) is 2.77. The second-order valence-corrected chi connectivity index (χ2v) is 4.67. The molecule has 1 aliphatic heterocycles. The van der Waals surface area contributed by atoms with E-state index >= 15 is 0 Å². The van der Waals surface area contributed by atoms with Gasteiger partial charge in [-0.05, 0) is 31.5 Å². The van der Waals surface area contributed by atoms with Crippen LogP contribution in [-0.2, 0) is 0 Å². The smallest absolute Gasteiger partial charge is 0.124 e. The third kappa shape index (κ3) is 1.90. The van der Waals surface area contributed by atoms with Crippen LogP contribution in [0, 0.1) is 0 Å². The lowest BCUT2D eigenvalue weighted by Gasteiger charge is -2.36. The second-order valence-electron chi connectivity index (χ2n) is 4.67. The standard InChI is InChI=1S/C13H17NO/c1-4-9-5-6-12-10(7-9)11(14)8-13(2,3)15-12/h4-7,11H,1,8,14H2,2-3H3. The van der Waals surface area contributed by atoms with Crippen LogP contribution in [0.15, 0.2) is 24.8 Å². The van der Waals surface area contributed by atoms with Gasteiger partial charge in [0.1, 0.15) is 11.4 Å². The Bertz CT molecular complexity index is 396. The molecule has 1 atom stereocenters. The maximum atomic E-state index is 6.13. The average Bonchev–Trinajstić information content (AvgIpc) is 2.15. The largest absolute Gasteiger partial charge is 0.487 e. The Morgan fingerprint density at radius 3 is 2.93 bits per heavy atom. The van der Waals surface area contributed by atoms with E-state index in [2.05, 4.69) is 26.5 Å². The second kappa shape index (κ2) is 3.38. The molecule has 1 heterocycles. The van der Waals surface area contributed by atoms with Crippen molar-refractivity contribution in [2.45, 2.75) is 31.9 Å². The van der Waals surface area contributed by atoms with Gasteiger partial charge in [-0.3, -0.25) is 0 Å². The lowest BCUT2D eigenvalue weighted by molar-refractivity contribution is 0.0729. The van der Waals surface area contributed by atoms with E-state index in [1.807, 2.05) is 18.2 Å². The maximum absolute atomic E-state index is 6.13. The van der Waals surface area contributed by atoms with Gasteiger partial charge in [0, 0.05) is 18.0 Å². The van der Waals surface area contributed by atoms with Crippen molar-refractivity contribution < 1.29 is 4.74 Å². The Kier molecular flexibility index (Phi) is 2.31. The molecule has 1 aromatic carbocycles. The Morgan fingerprint density at radius 2 is 2.27 bits per heavy atom. The number of ether oxygens (including phenoxy) is 1. The first kappa shape index (κ1) is 10.2. The van der Waals surface area contributed by atoms with Gasteiger partial charge in [0.25, 0.3) is 0 Å². The van der Waals surface area contributed by atoms with Gasteiger partial charge < -0.3 is 10.5 Å². The molecular weight excluding hydrogens is 186 g/mol. The van der Waals surface area contributed by atoms with Crippen molar-refractivity contribution in [2.24, 2.45) is 5.73 Å². The first-order chi connectivity index (χ1) is 7.02. The highest BCUT2D eigenvalue weighted by Crippen LogP contribution is 2.38. The zero-order chi connectivity index (χ0) is 11.1. The number of rotatable bonds is 1. The topological polar surface area (TPSA) is 35.2 Å². The van der Waals surface area contributed by atoms with E-state index in [-0.39, 0.29) is 11.6 Å². The molecule has 1 unspecified atom stereocenters. The van der Waals surface area contributed by atoms with Gasteiger partial charge in [-0.2, -0.15) is 0 Å².